The highest BCUT2D eigenvalue weighted by Crippen LogP contribution is 2.25. The highest BCUT2D eigenvalue weighted by molar-refractivity contribution is 5.79. The molecule has 6 heteroatoms. The van der Waals surface area contributed by atoms with Gasteiger partial charge in [-0.1, -0.05) is 18.6 Å². The smallest absolute Gasteiger partial charge is 0.387 e. The Kier molecular flexibility index (Phi) is 5.71. The zero-order valence-electron chi connectivity index (χ0n) is 12.6. The molecule has 3 atom stereocenters. The van der Waals surface area contributed by atoms with Crippen LogP contribution in [0, 0.1) is 5.92 Å². The molecule has 3 N–H and O–H groups in total. The molecule has 1 aliphatic rings. The summed E-state index contributed by atoms with van der Waals surface area (Å²) >= 11 is 0. The van der Waals surface area contributed by atoms with Crippen LogP contribution in [0.3, 0.4) is 0 Å². The van der Waals surface area contributed by atoms with Gasteiger partial charge in [0.2, 0.25) is 5.91 Å². The third-order valence-corrected chi connectivity index (χ3v) is 4.03. The van der Waals surface area contributed by atoms with Crippen molar-refractivity contribution in [1.29, 1.82) is 0 Å². The summed E-state index contributed by atoms with van der Waals surface area (Å²) in [6.45, 7) is -1.04. The van der Waals surface area contributed by atoms with Crippen LogP contribution in [0.4, 0.5) is 8.78 Å². The molecule has 1 amide bonds. The molecule has 1 fully saturated rings. The largest absolute Gasteiger partial charge is 0.435 e. The molecule has 1 aromatic carbocycles. The lowest BCUT2D eigenvalue weighted by Crippen LogP contribution is -2.38. The second-order valence-electron chi connectivity index (χ2n) is 5.80. The lowest BCUT2D eigenvalue weighted by Gasteiger charge is -2.27. The monoisotopic (exact) mass is 312 g/mol. The zero-order chi connectivity index (χ0) is 16.1. The van der Waals surface area contributed by atoms with Gasteiger partial charge in [-0.05, 0) is 43.9 Å². The average molecular weight is 312 g/mol. The van der Waals surface area contributed by atoms with Crippen molar-refractivity contribution in [3.63, 3.8) is 0 Å². The molecule has 0 heterocycles. The van der Waals surface area contributed by atoms with E-state index in [-0.39, 0.29) is 29.7 Å². The summed E-state index contributed by atoms with van der Waals surface area (Å²) in [6, 6.07) is 6.20. The number of rotatable bonds is 5. The second-order valence-corrected chi connectivity index (χ2v) is 5.80. The maximum absolute atomic E-state index is 12.3. The summed E-state index contributed by atoms with van der Waals surface area (Å²) in [6.07, 6.45) is 3.48. The van der Waals surface area contributed by atoms with Crippen molar-refractivity contribution < 1.29 is 18.3 Å². The number of benzene rings is 1. The topological polar surface area (TPSA) is 64.4 Å². The van der Waals surface area contributed by atoms with Crippen molar-refractivity contribution in [3.05, 3.63) is 29.8 Å². The quantitative estimate of drug-likeness (QED) is 0.878. The Morgan fingerprint density at radius 1 is 1.41 bits per heavy atom. The molecular weight excluding hydrogens is 290 g/mol. The van der Waals surface area contributed by atoms with E-state index in [9.17, 15) is 13.6 Å². The first-order chi connectivity index (χ1) is 10.5. The Labute approximate surface area is 129 Å². The van der Waals surface area contributed by atoms with Gasteiger partial charge in [0.25, 0.3) is 0 Å². The number of carbonyl (C=O) groups is 1. The minimum absolute atomic E-state index is 0.0252. The summed E-state index contributed by atoms with van der Waals surface area (Å²) in [7, 11) is 0. The van der Waals surface area contributed by atoms with Crippen LogP contribution in [0.2, 0.25) is 0 Å². The zero-order valence-corrected chi connectivity index (χ0v) is 12.6. The number of carbonyl (C=O) groups excluding carboxylic acids is 1. The fourth-order valence-electron chi connectivity index (χ4n) is 2.84. The number of nitrogens with one attached hydrogen (secondary N) is 1. The molecule has 122 valence electrons. The first kappa shape index (κ1) is 16.7. The van der Waals surface area contributed by atoms with E-state index < -0.39 is 6.61 Å². The number of hydrogen-bond donors (Lipinski definition) is 2. The fraction of sp³-hybridized carbons (Fsp3) is 0.562. The fourth-order valence-corrected chi connectivity index (χ4v) is 2.84. The van der Waals surface area contributed by atoms with Crippen molar-refractivity contribution in [2.24, 2.45) is 11.7 Å². The Morgan fingerprint density at radius 2 is 2.18 bits per heavy atom. The van der Waals surface area contributed by atoms with Gasteiger partial charge < -0.3 is 15.8 Å². The predicted molar refractivity (Wildman–Crippen MR) is 79.6 cm³/mol. The molecule has 1 saturated carbocycles. The van der Waals surface area contributed by atoms with Gasteiger partial charge in [0.1, 0.15) is 5.75 Å². The van der Waals surface area contributed by atoms with Crippen molar-refractivity contribution in [1.82, 2.24) is 5.32 Å². The molecule has 0 aliphatic heterocycles. The Balaban J connectivity index is 1.96. The third-order valence-electron chi connectivity index (χ3n) is 4.03. The number of amides is 1. The highest BCUT2D eigenvalue weighted by Gasteiger charge is 2.26. The molecule has 0 radical (unpaired) electrons. The van der Waals surface area contributed by atoms with E-state index in [1.165, 1.54) is 12.1 Å². The standard InChI is InChI=1S/C16H22F2N2O2/c1-10(11-4-3-7-14(9-11)22-16(17)18)20-15(21)12-5-2-6-13(19)8-12/h3-4,7,9-10,12-13,16H,2,5-6,8,19H2,1H3,(H,20,21). The van der Waals surface area contributed by atoms with Crippen LogP contribution in [0.5, 0.6) is 5.75 Å². The van der Waals surface area contributed by atoms with Crippen molar-refractivity contribution in [2.45, 2.75) is 51.3 Å². The maximum Gasteiger partial charge on any atom is 0.387 e. The Hall–Kier alpha value is -1.69. The van der Waals surface area contributed by atoms with Gasteiger partial charge in [0.15, 0.2) is 0 Å². The van der Waals surface area contributed by atoms with Crippen molar-refractivity contribution in [2.75, 3.05) is 0 Å². The van der Waals surface area contributed by atoms with Gasteiger partial charge in [0.05, 0.1) is 6.04 Å². The van der Waals surface area contributed by atoms with Gasteiger partial charge in [-0.25, -0.2) is 0 Å². The number of hydrogen-bond acceptors (Lipinski definition) is 3. The van der Waals surface area contributed by atoms with Crippen LogP contribution in [-0.2, 0) is 4.79 Å². The van der Waals surface area contributed by atoms with Crippen LogP contribution in [0.25, 0.3) is 0 Å². The number of alkyl halides is 2. The van der Waals surface area contributed by atoms with Gasteiger partial charge in [-0.15, -0.1) is 0 Å². The highest BCUT2D eigenvalue weighted by atomic mass is 19.3. The number of nitrogens with two attached hydrogens (primary N) is 1. The minimum Gasteiger partial charge on any atom is -0.435 e. The van der Waals surface area contributed by atoms with E-state index in [4.69, 9.17) is 5.73 Å². The van der Waals surface area contributed by atoms with Crippen LogP contribution < -0.4 is 15.8 Å². The van der Waals surface area contributed by atoms with E-state index >= 15 is 0 Å². The van der Waals surface area contributed by atoms with E-state index in [2.05, 4.69) is 10.1 Å². The van der Waals surface area contributed by atoms with Gasteiger partial charge in [-0.2, -0.15) is 8.78 Å². The number of ether oxygens (including phenoxy) is 1. The minimum atomic E-state index is -2.86. The van der Waals surface area contributed by atoms with Crippen molar-refractivity contribution in [3.8, 4) is 5.75 Å². The van der Waals surface area contributed by atoms with Crippen molar-refractivity contribution >= 4 is 5.91 Å². The molecular formula is C16H22F2N2O2. The molecule has 2 rings (SSSR count). The molecule has 22 heavy (non-hydrogen) atoms. The van der Waals surface area contributed by atoms with E-state index in [0.29, 0.717) is 6.42 Å². The first-order valence-corrected chi connectivity index (χ1v) is 7.56. The summed E-state index contributed by atoms with van der Waals surface area (Å²) in [5, 5.41) is 2.93. The van der Waals surface area contributed by atoms with Gasteiger partial charge in [-0.3, -0.25) is 4.79 Å². The van der Waals surface area contributed by atoms with Crippen LogP contribution in [0.1, 0.15) is 44.2 Å². The molecule has 0 spiro atoms. The summed E-state index contributed by atoms with van der Waals surface area (Å²) < 4.78 is 28.9. The van der Waals surface area contributed by atoms with E-state index in [1.54, 1.807) is 12.1 Å². The molecule has 0 saturated heterocycles. The summed E-state index contributed by atoms with van der Waals surface area (Å²) in [4.78, 5) is 12.3. The van der Waals surface area contributed by atoms with Crippen LogP contribution in [-0.4, -0.2) is 18.6 Å². The second kappa shape index (κ2) is 7.54. The average Bonchev–Trinajstić information content (AvgIpc) is 2.46. The number of halogens is 2. The van der Waals surface area contributed by atoms with Gasteiger partial charge in [0, 0.05) is 12.0 Å². The predicted octanol–water partition coefficient (Wildman–Crippen LogP) is 2.98. The molecule has 0 bridgehead atoms. The molecule has 0 aromatic heterocycles. The molecule has 1 aliphatic carbocycles. The third kappa shape index (κ3) is 4.66. The lowest BCUT2D eigenvalue weighted by molar-refractivity contribution is -0.126. The normalized spacial score (nSPS) is 23.1. The first-order valence-electron chi connectivity index (χ1n) is 7.56. The lowest BCUT2D eigenvalue weighted by atomic mass is 9.85. The molecule has 3 unspecified atom stereocenters. The maximum atomic E-state index is 12.3. The Morgan fingerprint density at radius 3 is 2.86 bits per heavy atom. The van der Waals surface area contributed by atoms with E-state index in [0.717, 1.165) is 24.8 Å². The molecule has 1 aromatic rings. The summed E-state index contributed by atoms with van der Waals surface area (Å²) in [5.74, 6) is 0.00261. The Bertz CT molecular complexity index is 511. The van der Waals surface area contributed by atoms with E-state index in [1.807, 2.05) is 6.92 Å². The summed E-state index contributed by atoms with van der Waals surface area (Å²) in [5.41, 5.74) is 6.63. The van der Waals surface area contributed by atoms with Crippen LogP contribution >= 0.6 is 0 Å². The van der Waals surface area contributed by atoms with Crippen LogP contribution in [0.15, 0.2) is 24.3 Å². The molecule has 4 nitrogen and oxygen atoms in total. The SMILES string of the molecule is CC(NC(=O)C1CCCC(N)C1)c1cccc(OC(F)F)c1. The van der Waals surface area contributed by atoms with Gasteiger partial charge >= 0.3 is 6.61 Å².